The van der Waals surface area contributed by atoms with Crippen LogP contribution in [0.2, 0.25) is 0 Å². The highest BCUT2D eigenvalue weighted by atomic mass is 16.1. The molecule has 0 aliphatic heterocycles. The van der Waals surface area contributed by atoms with Gasteiger partial charge in [0, 0.05) is 19.7 Å². The van der Waals surface area contributed by atoms with E-state index in [1.54, 1.807) is 13.1 Å². The number of ketones is 1. The van der Waals surface area contributed by atoms with Crippen molar-refractivity contribution in [2.75, 3.05) is 7.05 Å². The summed E-state index contributed by atoms with van der Waals surface area (Å²) >= 11 is 0. The van der Waals surface area contributed by atoms with E-state index in [0.29, 0.717) is 5.70 Å². The van der Waals surface area contributed by atoms with Crippen LogP contribution in [0.3, 0.4) is 0 Å². The van der Waals surface area contributed by atoms with Gasteiger partial charge in [0.25, 0.3) is 0 Å². The molecule has 0 atom stereocenters. The molecule has 0 N–H and O–H groups in total. The Morgan fingerprint density at radius 1 is 1.58 bits per heavy atom. The lowest BCUT2D eigenvalue weighted by atomic mass is 10.1. The number of allylic oxidation sites excluding steroid dienone is 2. The smallest absolute Gasteiger partial charge is 0.182 e. The van der Waals surface area contributed by atoms with E-state index in [-0.39, 0.29) is 11.7 Å². The maximum atomic E-state index is 11.5. The van der Waals surface area contributed by atoms with Gasteiger partial charge >= 0.3 is 0 Å². The minimum Gasteiger partial charge on any atom is -0.292 e. The molecule has 0 unspecified atom stereocenters. The van der Waals surface area contributed by atoms with Crippen LogP contribution < -0.4 is 0 Å². The van der Waals surface area contributed by atoms with E-state index in [1.165, 1.54) is 5.01 Å². The Bertz CT molecular complexity index is 207. The molecule has 0 aromatic carbocycles. The molecule has 12 heavy (non-hydrogen) atoms. The summed E-state index contributed by atoms with van der Waals surface area (Å²) in [6.45, 7) is 8.90. The van der Waals surface area contributed by atoms with Crippen LogP contribution in [-0.2, 0) is 4.79 Å². The number of nitrogens with zero attached hydrogens (tertiary/aromatic N) is 2. The SMILES string of the molecule is C=NN(C)/C(=C\C)C(=O)C(C)C. The van der Waals surface area contributed by atoms with Crippen molar-refractivity contribution in [3.05, 3.63) is 11.8 Å². The van der Waals surface area contributed by atoms with Crippen molar-refractivity contribution in [1.29, 1.82) is 0 Å². The van der Waals surface area contributed by atoms with Crippen LogP contribution in [-0.4, -0.2) is 24.6 Å². The van der Waals surface area contributed by atoms with Crippen LogP contribution >= 0.6 is 0 Å². The van der Waals surface area contributed by atoms with Crippen molar-refractivity contribution in [1.82, 2.24) is 5.01 Å². The number of hydrogen-bond acceptors (Lipinski definition) is 3. The Morgan fingerprint density at radius 3 is 2.33 bits per heavy atom. The Hall–Kier alpha value is -1.12. The van der Waals surface area contributed by atoms with E-state index in [2.05, 4.69) is 11.8 Å². The zero-order valence-electron chi connectivity index (χ0n) is 8.16. The van der Waals surface area contributed by atoms with Gasteiger partial charge in [0.2, 0.25) is 0 Å². The van der Waals surface area contributed by atoms with Crippen LogP contribution in [0.1, 0.15) is 20.8 Å². The summed E-state index contributed by atoms with van der Waals surface area (Å²) in [6, 6.07) is 0. The highest BCUT2D eigenvalue weighted by molar-refractivity contribution is 5.95. The Labute approximate surface area is 73.8 Å². The van der Waals surface area contributed by atoms with Crippen molar-refractivity contribution in [2.45, 2.75) is 20.8 Å². The van der Waals surface area contributed by atoms with E-state index in [1.807, 2.05) is 20.8 Å². The van der Waals surface area contributed by atoms with Gasteiger partial charge in [-0.1, -0.05) is 19.9 Å². The fraction of sp³-hybridized carbons (Fsp3) is 0.556. The molecule has 0 amide bonds. The van der Waals surface area contributed by atoms with Crippen LogP contribution in [0.15, 0.2) is 16.9 Å². The van der Waals surface area contributed by atoms with Gasteiger partial charge in [0.05, 0.1) is 5.70 Å². The van der Waals surface area contributed by atoms with Gasteiger partial charge in [-0.15, -0.1) is 0 Å². The van der Waals surface area contributed by atoms with Gasteiger partial charge in [-0.25, -0.2) is 0 Å². The standard InChI is InChI=1S/C9H16N2O/c1-6-8(11(5)10-4)9(12)7(2)3/h6-7H,4H2,1-3,5H3/b8-6-. The Balaban J connectivity index is 4.58. The molecular formula is C9H16N2O. The number of hydrazone groups is 1. The average molecular weight is 168 g/mol. The third kappa shape index (κ3) is 2.49. The molecule has 68 valence electrons. The molecule has 3 nitrogen and oxygen atoms in total. The topological polar surface area (TPSA) is 32.7 Å². The molecule has 0 spiro atoms. The Kier molecular flexibility index (Phi) is 4.26. The van der Waals surface area contributed by atoms with Gasteiger partial charge in [0.15, 0.2) is 5.78 Å². The lowest BCUT2D eigenvalue weighted by Crippen LogP contribution is -2.21. The number of carbonyl (C=O) groups is 1. The fourth-order valence-electron chi connectivity index (χ4n) is 0.861. The highest BCUT2D eigenvalue weighted by Gasteiger charge is 2.15. The second-order valence-corrected chi connectivity index (χ2v) is 2.86. The molecule has 0 radical (unpaired) electrons. The molecule has 0 bridgehead atoms. The minimum atomic E-state index is 0.000370. The number of rotatable bonds is 4. The van der Waals surface area contributed by atoms with E-state index in [4.69, 9.17) is 0 Å². The lowest BCUT2D eigenvalue weighted by Gasteiger charge is -2.16. The van der Waals surface area contributed by atoms with E-state index in [9.17, 15) is 4.79 Å². The van der Waals surface area contributed by atoms with Crippen LogP contribution in [0, 0.1) is 5.92 Å². The average Bonchev–Trinajstić information content (AvgIpc) is 2.05. The first-order chi connectivity index (χ1) is 5.54. The van der Waals surface area contributed by atoms with Crippen molar-refractivity contribution in [2.24, 2.45) is 11.0 Å². The number of likely N-dealkylation sites (N-methyl/N-ethyl adjacent to an activating group) is 1. The molecule has 0 aromatic rings. The maximum absolute atomic E-state index is 11.5. The third-order valence-electron chi connectivity index (χ3n) is 1.61. The molecule has 0 aliphatic carbocycles. The van der Waals surface area contributed by atoms with Gasteiger partial charge in [-0.3, -0.25) is 9.80 Å². The first-order valence-corrected chi connectivity index (χ1v) is 3.95. The summed E-state index contributed by atoms with van der Waals surface area (Å²) < 4.78 is 0. The Morgan fingerprint density at radius 2 is 2.08 bits per heavy atom. The molecule has 0 aliphatic rings. The highest BCUT2D eigenvalue weighted by Crippen LogP contribution is 2.09. The third-order valence-corrected chi connectivity index (χ3v) is 1.61. The molecule has 0 saturated heterocycles. The summed E-state index contributed by atoms with van der Waals surface area (Å²) in [7, 11) is 1.71. The van der Waals surface area contributed by atoms with Crippen molar-refractivity contribution in [3.8, 4) is 0 Å². The monoisotopic (exact) mass is 168 g/mol. The maximum Gasteiger partial charge on any atom is 0.182 e. The van der Waals surface area contributed by atoms with Gasteiger partial charge < -0.3 is 0 Å². The van der Waals surface area contributed by atoms with Gasteiger partial charge in [-0.05, 0) is 6.92 Å². The second kappa shape index (κ2) is 4.70. The van der Waals surface area contributed by atoms with Gasteiger partial charge in [0.1, 0.15) is 0 Å². The molecule has 3 heteroatoms. The summed E-state index contributed by atoms with van der Waals surface area (Å²) in [5.41, 5.74) is 0.597. The minimum absolute atomic E-state index is 0.000370. The van der Waals surface area contributed by atoms with Crippen molar-refractivity contribution in [3.63, 3.8) is 0 Å². The van der Waals surface area contributed by atoms with Crippen molar-refractivity contribution >= 4 is 12.5 Å². The fourth-order valence-corrected chi connectivity index (χ4v) is 0.861. The predicted molar refractivity (Wildman–Crippen MR) is 50.9 cm³/mol. The van der Waals surface area contributed by atoms with E-state index >= 15 is 0 Å². The summed E-state index contributed by atoms with van der Waals surface area (Å²) in [5, 5.41) is 5.15. The number of carbonyl (C=O) groups excluding carboxylic acids is 1. The van der Waals surface area contributed by atoms with E-state index in [0.717, 1.165) is 0 Å². The largest absolute Gasteiger partial charge is 0.292 e. The van der Waals surface area contributed by atoms with Crippen LogP contribution in [0.4, 0.5) is 0 Å². The first kappa shape index (κ1) is 10.9. The zero-order chi connectivity index (χ0) is 9.72. The molecule has 0 rings (SSSR count). The first-order valence-electron chi connectivity index (χ1n) is 3.95. The quantitative estimate of drug-likeness (QED) is 0.363. The van der Waals surface area contributed by atoms with Crippen molar-refractivity contribution < 1.29 is 4.79 Å². The number of hydrogen-bond donors (Lipinski definition) is 0. The summed E-state index contributed by atoms with van der Waals surface area (Å²) in [4.78, 5) is 11.5. The zero-order valence-corrected chi connectivity index (χ0v) is 8.16. The number of Topliss-reactive ketones (excluding diaryl/α,β-unsaturated/α-hetero) is 1. The molecule has 0 fully saturated rings. The molecule has 0 heterocycles. The van der Waals surface area contributed by atoms with E-state index < -0.39 is 0 Å². The normalized spacial score (nSPS) is 11.6. The lowest BCUT2D eigenvalue weighted by molar-refractivity contribution is -0.119. The molecule has 0 saturated carbocycles. The second-order valence-electron chi connectivity index (χ2n) is 2.86. The molecular weight excluding hydrogens is 152 g/mol. The molecule has 0 aromatic heterocycles. The van der Waals surface area contributed by atoms with Crippen LogP contribution in [0.5, 0.6) is 0 Å². The van der Waals surface area contributed by atoms with Crippen LogP contribution in [0.25, 0.3) is 0 Å². The van der Waals surface area contributed by atoms with Gasteiger partial charge in [-0.2, -0.15) is 5.10 Å². The summed E-state index contributed by atoms with van der Waals surface area (Å²) in [6.07, 6.45) is 1.75. The summed E-state index contributed by atoms with van der Waals surface area (Å²) in [5.74, 6) is 0.0906. The predicted octanol–water partition coefficient (Wildman–Crippen LogP) is 1.66.